The first-order valence-electron chi connectivity index (χ1n) is 23.6. The zero-order valence-corrected chi connectivity index (χ0v) is 42.0. The Kier molecular flexibility index (Phi) is 17.0. The fourth-order valence-electron chi connectivity index (χ4n) is 10.1. The molecule has 2 aliphatic heterocycles. The van der Waals surface area contributed by atoms with Gasteiger partial charge >= 0.3 is 11.4 Å². The van der Waals surface area contributed by atoms with Crippen molar-refractivity contribution in [1.29, 1.82) is 5.26 Å². The van der Waals surface area contributed by atoms with E-state index in [9.17, 15) is 29.2 Å². The highest BCUT2D eigenvalue weighted by atomic mass is 31.2. The van der Waals surface area contributed by atoms with Crippen LogP contribution in [-0.4, -0.2) is 113 Å². The highest BCUT2D eigenvalue weighted by molar-refractivity contribution is 7.62. The van der Waals surface area contributed by atoms with E-state index in [-0.39, 0.29) is 32.5 Å². The molecule has 2 saturated heterocycles. The number of nitrogens with one attached hydrogen (secondary N) is 3. The van der Waals surface area contributed by atoms with Gasteiger partial charge in [-0.1, -0.05) is 82.3 Å². The van der Waals surface area contributed by atoms with Crippen molar-refractivity contribution in [2.45, 2.75) is 100 Å². The van der Waals surface area contributed by atoms with Gasteiger partial charge in [0.05, 0.1) is 45.1 Å². The van der Waals surface area contributed by atoms with E-state index >= 15 is 8.96 Å². The molecular weight excluding hydrogens is 953 g/mol. The average molecular weight is 1010 g/mol. The molecule has 3 aromatic carbocycles. The second-order valence-electron chi connectivity index (χ2n) is 18.2. The van der Waals surface area contributed by atoms with E-state index in [0.717, 1.165) is 22.4 Å². The molecule has 2 aromatic heterocycles. The number of methoxy groups -OCH3 is 3. The van der Waals surface area contributed by atoms with E-state index < -0.39 is 102 Å². The van der Waals surface area contributed by atoms with Gasteiger partial charge in [-0.2, -0.15) is 5.26 Å². The zero-order chi connectivity index (χ0) is 51.9. The predicted octanol–water partition coefficient (Wildman–Crippen LogP) is 5.06. The van der Waals surface area contributed by atoms with Crippen LogP contribution in [0.4, 0.5) is 4.39 Å². The first kappa shape index (κ1) is 53.3. The normalized spacial score (nSPS) is 22.3. The molecule has 8 atom stereocenters. The Morgan fingerprint density at radius 3 is 1.79 bits per heavy atom. The van der Waals surface area contributed by atoms with Gasteiger partial charge < -0.3 is 38.3 Å². The molecular formula is C51H61FN7O12P. The third kappa shape index (κ3) is 10.7. The number of amides is 1. The minimum atomic E-state index is -3.50. The average Bonchev–Trinajstić information content (AvgIpc) is 3.88. The summed E-state index contributed by atoms with van der Waals surface area (Å²) in [4.78, 5) is 69.6. The Bertz CT molecular complexity index is 2920. The summed E-state index contributed by atoms with van der Waals surface area (Å²) in [6, 6.07) is 27.3. The van der Waals surface area contributed by atoms with Crippen molar-refractivity contribution in [3.8, 4) is 17.6 Å². The molecule has 19 nitrogen and oxygen atoms in total. The predicted molar refractivity (Wildman–Crippen MR) is 264 cm³/mol. The summed E-state index contributed by atoms with van der Waals surface area (Å²) in [5.74, 6) is -0.209. The van der Waals surface area contributed by atoms with Crippen molar-refractivity contribution < 1.29 is 42.2 Å². The summed E-state index contributed by atoms with van der Waals surface area (Å²) in [5.41, 5.74) is -3.19. The molecule has 0 bridgehead atoms. The van der Waals surface area contributed by atoms with Gasteiger partial charge in [-0.05, 0) is 41.0 Å². The lowest BCUT2D eigenvalue weighted by atomic mass is 9.79. The molecule has 2 fully saturated rings. The molecule has 72 heavy (non-hydrogen) atoms. The number of carbonyl (C=O) groups excluding carboxylic acids is 1. The zero-order valence-electron chi connectivity index (χ0n) is 41.1. The molecule has 0 radical (unpaired) electrons. The number of aromatic nitrogens is 4. The van der Waals surface area contributed by atoms with Crippen LogP contribution in [0.1, 0.15) is 69.7 Å². The standard InChI is InChI=1S/C51H61FN7O12P/c1-31(2)72(65,32(3)4)59(25-11-24-53)45-39(70-47(44(45)52)57-26-22-41(60)55-49(57)63)29-54-43(62)28-38-40(71-48(46(38)68-7)58-27-23-42(61)56-50(58)64)30-69-51(33-12-9-8-10-13-33,34-14-18-36(66-5)19-15-34)35-16-20-37(67-6)21-17-35/h8-10,12-23,26-27,31-32,38-40,44-48H,11,25,28-30H2,1-7H3,(H,54,62)(H,55,60,63)(H,56,61,64)/t38-,39-,40-,44-,45-,46-,47-,48-/m1/s1. The summed E-state index contributed by atoms with van der Waals surface area (Å²) < 4.78 is 73.1. The Morgan fingerprint density at radius 2 is 1.31 bits per heavy atom. The van der Waals surface area contributed by atoms with Crippen LogP contribution in [-0.2, 0) is 33.9 Å². The molecule has 21 heteroatoms. The minimum absolute atomic E-state index is 0.101. The lowest BCUT2D eigenvalue weighted by molar-refractivity contribution is -0.125. The van der Waals surface area contributed by atoms with Gasteiger partial charge in [-0.15, -0.1) is 0 Å². The summed E-state index contributed by atoms with van der Waals surface area (Å²) in [7, 11) is 1.04. The van der Waals surface area contributed by atoms with Crippen molar-refractivity contribution in [3.05, 3.63) is 162 Å². The number of aromatic amines is 2. The first-order chi connectivity index (χ1) is 34.5. The van der Waals surface area contributed by atoms with Gasteiger partial charge in [0, 0.05) is 74.8 Å². The van der Waals surface area contributed by atoms with Gasteiger partial charge in [0.15, 0.2) is 25.9 Å². The second-order valence-corrected chi connectivity index (χ2v) is 22.1. The Morgan fingerprint density at radius 1 is 0.792 bits per heavy atom. The van der Waals surface area contributed by atoms with Gasteiger partial charge in [0.2, 0.25) is 5.91 Å². The maximum Gasteiger partial charge on any atom is 0.330 e. The highest BCUT2D eigenvalue weighted by Crippen LogP contribution is 2.61. The number of alkyl halides is 1. The molecule has 0 saturated carbocycles. The lowest BCUT2D eigenvalue weighted by Gasteiger charge is -2.42. The van der Waals surface area contributed by atoms with E-state index in [4.69, 9.17) is 28.4 Å². The highest BCUT2D eigenvalue weighted by Gasteiger charge is 2.55. The number of rotatable bonds is 21. The summed E-state index contributed by atoms with van der Waals surface area (Å²) in [6.07, 6.45) is -6.04. The van der Waals surface area contributed by atoms with Crippen LogP contribution in [0.15, 0.2) is 123 Å². The molecule has 5 aromatic rings. The van der Waals surface area contributed by atoms with E-state index in [0.29, 0.717) is 22.6 Å². The number of nitriles is 1. The second kappa shape index (κ2) is 23.0. The molecule has 0 unspecified atom stereocenters. The Balaban J connectivity index is 1.26. The topological polar surface area (TPSA) is 238 Å². The van der Waals surface area contributed by atoms with Crippen molar-refractivity contribution in [1.82, 2.24) is 29.1 Å². The molecule has 3 N–H and O–H groups in total. The lowest BCUT2D eigenvalue weighted by Crippen LogP contribution is -2.50. The molecule has 0 aliphatic carbocycles. The van der Waals surface area contributed by atoms with E-state index in [1.54, 1.807) is 41.9 Å². The third-order valence-electron chi connectivity index (χ3n) is 13.5. The summed E-state index contributed by atoms with van der Waals surface area (Å²) in [6.45, 7) is 6.38. The Hall–Kier alpha value is -6.46. The number of ether oxygens (including phenoxy) is 6. The maximum absolute atomic E-state index is 17.2. The van der Waals surface area contributed by atoms with Gasteiger partial charge in [0.1, 0.15) is 23.2 Å². The molecule has 384 valence electrons. The van der Waals surface area contributed by atoms with E-state index in [1.165, 1.54) is 28.6 Å². The molecule has 7 rings (SSSR count). The molecule has 4 heterocycles. The molecule has 1 amide bonds. The van der Waals surface area contributed by atoms with E-state index in [1.807, 2.05) is 78.9 Å². The van der Waals surface area contributed by atoms with Crippen molar-refractivity contribution in [2.24, 2.45) is 5.92 Å². The SMILES string of the molecule is COc1ccc(C(OC[C@H]2O[C@@H](n3ccc(=O)[nH]c3=O)[C@H](OC)[C@@H]2CC(=O)NC[C@H]2O[C@@H](n3ccc(=O)[nH]c3=O)[C@H](F)[C@@H]2N(CCC#N)P(=O)(C(C)C)C(C)C)(c2ccccc2)c2ccc(OC)cc2)cc1. The largest absolute Gasteiger partial charge is 0.497 e. The van der Waals surface area contributed by atoms with Crippen molar-refractivity contribution >= 4 is 13.2 Å². The van der Waals surface area contributed by atoms with Gasteiger partial charge in [-0.25, -0.2) is 18.6 Å². The monoisotopic (exact) mass is 1010 g/mol. The van der Waals surface area contributed by atoms with Crippen LogP contribution in [0.25, 0.3) is 0 Å². The van der Waals surface area contributed by atoms with Crippen LogP contribution in [0.3, 0.4) is 0 Å². The third-order valence-corrected chi connectivity index (χ3v) is 17.8. The number of hydrogen-bond acceptors (Lipinski definition) is 13. The smallest absolute Gasteiger partial charge is 0.330 e. The Labute approximate surface area is 415 Å². The number of hydrogen-bond donors (Lipinski definition) is 3. The van der Waals surface area contributed by atoms with Crippen molar-refractivity contribution in [2.75, 3.05) is 41.0 Å². The summed E-state index contributed by atoms with van der Waals surface area (Å²) in [5, 5.41) is 12.6. The molecule has 2 aliphatic rings. The van der Waals surface area contributed by atoms with Crippen LogP contribution in [0.5, 0.6) is 11.5 Å². The quantitative estimate of drug-likeness (QED) is 0.0644. The van der Waals surface area contributed by atoms with Crippen LogP contribution < -0.4 is 37.3 Å². The minimum Gasteiger partial charge on any atom is -0.497 e. The van der Waals surface area contributed by atoms with Crippen LogP contribution in [0, 0.1) is 17.2 Å². The number of halogens is 1. The number of carbonyl (C=O) groups is 1. The van der Waals surface area contributed by atoms with Crippen LogP contribution in [0.2, 0.25) is 0 Å². The first-order valence-corrected chi connectivity index (χ1v) is 25.4. The maximum atomic E-state index is 17.2. The number of benzene rings is 3. The fourth-order valence-corrected chi connectivity index (χ4v) is 13.5. The van der Waals surface area contributed by atoms with Gasteiger partial charge in [0.25, 0.3) is 11.1 Å². The van der Waals surface area contributed by atoms with Crippen molar-refractivity contribution in [3.63, 3.8) is 0 Å². The molecule has 0 spiro atoms. The fraction of sp³-hybridized carbons (Fsp3) is 0.451. The summed E-state index contributed by atoms with van der Waals surface area (Å²) >= 11 is 0. The van der Waals surface area contributed by atoms with Gasteiger partial charge in [-0.3, -0.25) is 33.5 Å². The number of H-pyrrole nitrogens is 2. The van der Waals surface area contributed by atoms with Crippen LogP contribution >= 0.6 is 7.29 Å². The number of nitrogens with zero attached hydrogens (tertiary/aromatic N) is 4. The van der Waals surface area contributed by atoms with E-state index in [2.05, 4.69) is 21.4 Å².